The zero-order valence-corrected chi connectivity index (χ0v) is 16.6. The number of rotatable bonds is 9. The molecule has 0 radical (unpaired) electrons. The summed E-state index contributed by atoms with van der Waals surface area (Å²) < 4.78 is 0. The van der Waals surface area contributed by atoms with E-state index in [4.69, 9.17) is 0 Å². The molecule has 0 unspecified atom stereocenters. The van der Waals surface area contributed by atoms with Gasteiger partial charge in [0.25, 0.3) is 0 Å². The van der Waals surface area contributed by atoms with Crippen LogP contribution in [0.5, 0.6) is 0 Å². The van der Waals surface area contributed by atoms with Crippen LogP contribution < -0.4 is 0 Å². The van der Waals surface area contributed by atoms with Gasteiger partial charge in [0, 0.05) is 50.9 Å². The Morgan fingerprint density at radius 3 is 2.04 bits per heavy atom. The predicted octanol–water partition coefficient (Wildman–Crippen LogP) is 3.36. The summed E-state index contributed by atoms with van der Waals surface area (Å²) in [5.74, 6) is 7.62. The molecule has 4 heteroatoms. The third-order valence-corrected chi connectivity index (χ3v) is 4.63. The Bertz CT molecular complexity index is 466. The van der Waals surface area contributed by atoms with Crippen LogP contribution >= 0.6 is 0 Å². The average Bonchev–Trinajstić information content (AvgIpc) is 2.57. The minimum absolute atomic E-state index is 0.150. The van der Waals surface area contributed by atoms with Gasteiger partial charge in [0.1, 0.15) is 5.78 Å². The zero-order valence-electron chi connectivity index (χ0n) is 16.6. The van der Waals surface area contributed by atoms with Crippen LogP contribution in [0.4, 0.5) is 0 Å². The molecule has 0 saturated carbocycles. The molecule has 1 aliphatic rings. The van der Waals surface area contributed by atoms with Gasteiger partial charge in [-0.3, -0.25) is 14.5 Å². The van der Waals surface area contributed by atoms with Crippen molar-refractivity contribution < 1.29 is 9.59 Å². The number of piperazine rings is 1. The van der Waals surface area contributed by atoms with E-state index in [0.29, 0.717) is 24.5 Å². The molecule has 1 aliphatic heterocycles. The summed E-state index contributed by atoms with van der Waals surface area (Å²) in [6, 6.07) is 0. The lowest BCUT2D eigenvalue weighted by Gasteiger charge is -2.33. The topological polar surface area (TPSA) is 40.6 Å². The van der Waals surface area contributed by atoms with Crippen LogP contribution in [-0.2, 0) is 9.59 Å². The van der Waals surface area contributed by atoms with Gasteiger partial charge >= 0.3 is 0 Å². The summed E-state index contributed by atoms with van der Waals surface area (Å²) in [6.07, 6.45) is 5.32. The van der Waals surface area contributed by atoms with Gasteiger partial charge in [-0.1, -0.05) is 52.4 Å². The minimum atomic E-state index is 0.150. The van der Waals surface area contributed by atoms with Crippen molar-refractivity contribution in [3.63, 3.8) is 0 Å². The number of Topliss-reactive ketones (excluding diaryl/α,β-unsaturated/α-hetero) is 1. The molecule has 1 saturated heterocycles. The van der Waals surface area contributed by atoms with E-state index in [2.05, 4.69) is 30.6 Å². The Hall–Kier alpha value is -1.34. The lowest BCUT2D eigenvalue weighted by molar-refractivity contribution is -0.133. The first-order valence-electron chi connectivity index (χ1n) is 9.91. The highest BCUT2D eigenvalue weighted by Gasteiger charge is 2.19. The van der Waals surface area contributed by atoms with E-state index in [9.17, 15) is 9.59 Å². The fourth-order valence-corrected chi connectivity index (χ4v) is 2.89. The van der Waals surface area contributed by atoms with Crippen molar-refractivity contribution in [3.8, 4) is 11.8 Å². The van der Waals surface area contributed by atoms with Crippen LogP contribution in [0.2, 0.25) is 0 Å². The number of unbranched alkanes of at least 4 members (excludes halogenated alkanes) is 3. The van der Waals surface area contributed by atoms with Gasteiger partial charge < -0.3 is 4.90 Å². The van der Waals surface area contributed by atoms with Crippen molar-refractivity contribution in [2.45, 2.75) is 66.2 Å². The number of carbonyl (C=O) groups is 2. The molecule has 0 atom stereocenters. The summed E-state index contributed by atoms with van der Waals surface area (Å²) >= 11 is 0. The predicted molar refractivity (Wildman–Crippen MR) is 103 cm³/mol. The van der Waals surface area contributed by atoms with Crippen molar-refractivity contribution in [2.75, 3.05) is 32.7 Å². The maximum Gasteiger partial charge on any atom is 0.222 e. The van der Waals surface area contributed by atoms with Gasteiger partial charge in [-0.05, 0) is 12.8 Å². The summed E-state index contributed by atoms with van der Waals surface area (Å²) in [6.45, 7) is 12.4. The maximum atomic E-state index is 12.3. The van der Waals surface area contributed by atoms with Crippen molar-refractivity contribution >= 4 is 11.7 Å². The van der Waals surface area contributed by atoms with Gasteiger partial charge in [0.2, 0.25) is 5.91 Å². The van der Waals surface area contributed by atoms with Crippen molar-refractivity contribution in [1.29, 1.82) is 0 Å². The third-order valence-electron chi connectivity index (χ3n) is 4.63. The molecular weight excluding hydrogens is 312 g/mol. The van der Waals surface area contributed by atoms with Gasteiger partial charge in [-0.15, -0.1) is 0 Å². The van der Waals surface area contributed by atoms with Crippen molar-refractivity contribution in [2.24, 2.45) is 11.8 Å². The molecule has 1 heterocycles. The Kier molecular flexibility index (Phi) is 10.5. The molecule has 0 bridgehead atoms. The Labute approximate surface area is 154 Å². The molecule has 0 N–H and O–H groups in total. The van der Waals surface area contributed by atoms with E-state index < -0.39 is 0 Å². The first-order chi connectivity index (χ1) is 11.9. The molecule has 4 nitrogen and oxygen atoms in total. The van der Waals surface area contributed by atoms with E-state index in [1.54, 1.807) is 0 Å². The highest BCUT2D eigenvalue weighted by molar-refractivity contribution is 5.80. The van der Waals surface area contributed by atoms with Crippen LogP contribution in [0.15, 0.2) is 0 Å². The van der Waals surface area contributed by atoms with E-state index in [1.807, 2.05) is 18.7 Å². The number of ketones is 1. The second-order valence-corrected chi connectivity index (χ2v) is 7.67. The number of hydrogen-bond donors (Lipinski definition) is 0. The second-order valence-electron chi connectivity index (χ2n) is 7.67. The quantitative estimate of drug-likeness (QED) is 0.474. The molecule has 0 aromatic heterocycles. The molecular formula is C21H36N2O2. The van der Waals surface area contributed by atoms with Gasteiger partial charge in [-0.25, -0.2) is 0 Å². The Morgan fingerprint density at radius 1 is 0.880 bits per heavy atom. The van der Waals surface area contributed by atoms with Crippen LogP contribution in [0.3, 0.4) is 0 Å². The number of nitrogens with zero attached hydrogens (tertiary/aromatic N) is 2. The number of hydrogen-bond acceptors (Lipinski definition) is 3. The van der Waals surface area contributed by atoms with E-state index in [0.717, 1.165) is 58.4 Å². The van der Waals surface area contributed by atoms with Crippen LogP contribution in [-0.4, -0.2) is 54.2 Å². The lowest BCUT2D eigenvalue weighted by atomic mass is 10.0. The van der Waals surface area contributed by atoms with E-state index >= 15 is 0 Å². The van der Waals surface area contributed by atoms with Crippen LogP contribution in [0.25, 0.3) is 0 Å². The van der Waals surface area contributed by atoms with Gasteiger partial charge in [-0.2, -0.15) is 0 Å². The first-order valence-corrected chi connectivity index (χ1v) is 9.91. The number of carbonyl (C=O) groups excluding carboxylic acids is 2. The Morgan fingerprint density at radius 2 is 1.48 bits per heavy atom. The van der Waals surface area contributed by atoms with Crippen LogP contribution in [0, 0.1) is 23.7 Å². The van der Waals surface area contributed by atoms with Crippen molar-refractivity contribution in [3.05, 3.63) is 0 Å². The average molecular weight is 349 g/mol. The smallest absolute Gasteiger partial charge is 0.222 e. The SMILES string of the molecule is CC(C)C#CCN1CCN(C(=O)CCCCCCC(=O)C(C)C)CC1. The molecule has 0 aromatic rings. The minimum Gasteiger partial charge on any atom is -0.340 e. The largest absolute Gasteiger partial charge is 0.340 e. The summed E-state index contributed by atoms with van der Waals surface area (Å²) in [7, 11) is 0. The monoisotopic (exact) mass is 348 g/mol. The second kappa shape index (κ2) is 12.1. The van der Waals surface area contributed by atoms with E-state index in [1.165, 1.54) is 0 Å². The standard InChI is InChI=1S/C21H36N2O2/c1-18(2)10-9-13-22-14-16-23(17-15-22)21(25)12-8-6-5-7-11-20(24)19(3)4/h18-19H,5-8,11-17H2,1-4H3. The van der Waals surface area contributed by atoms with Gasteiger partial charge in [0.15, 0.2) is 0 Å². The van der Waals surface area contributed by atoms with Crippen LogP contribution in [0.1, 0.15) is 66.2 Å². The zero-order chi connectivity index (χ0) is 18.7. The highest BCUT2D eigenvalue weighted by atomic mass is 16.2. The molecule has 25 heavy (non-hydrogen) atoms. The van der Waals surface area contributed by atoms with E-state index in [-0.39, 0.29) is 11.8 Å². The molecule has 142 valence electrons. The molecule has 1 fully saturated rings. The molecule has 0 aromatic carbocycles. The first kappa shape index (κ1) is 21.7. The summed E-state index contributed by atoms with van der Waals surface area (Å²) in [5.41, 5.74) is 0. The Balaban J connectivity index is 2.09. The fourth-order valence-electron chi connectivity index (χ4n) is 2.89. The maximum absolute atomic E-state index is 12.3. The summed E-state index contributed by atoms with van der Waals surface area (Å²) in [4.78, 5) is 28.1. The summed E-state index contributed by atoms with van der Waals surface area (Å²) in [5, 5.41) is 0. The molecule has 0 aliphatic carbocycles. The third kappa shape index (κ3) is 9.65. The molecule has 1 rings (SSSR count). The lowest BCUT2D eigenvalue weighted by Crippen LogP contribution is -2.48. The van der Waals surface area contributed by atoms with Gasteiger partial charge in [0.05, 0.1) is 6.54 Å². The molecule has 1 amide bonds. The fraction of sp³-hybridized carbons (Fsp3) is 0.810. The number of amides is 1. The molecule has 0 spiro atoms. The van der Waals surface area contributed by atoms with Crippen molar-refractivity contribution in [1.82, 2.24) is 9.80 Å². The highest BCUT2D eigenvalue weighted by Crippen LogP contribution is 2.11. The normalized spacial score (nSPS) is 15.4.